The van der Waals surface area contributed by atoms with Gasteiger partial charge in [0.1, 0.15) is 5.75 Å². The van der Waals surface area contributed by atoms with E-state index in [1.54, 1.807) is 18.2 Å². The quantitative estimate of drug-likeness (QED) is 0.914. The number of benzene rings is 1. The Morgan fingerprint density at radius 3 is 3.20 bits per heavy atom. The van der Waals surface area contributed by atoms with Gasteiger partial charge in [-0.15, -0.1) is 0 Å². The van der Waals surface area contributed by atoms with Crippen molar-refractivity contribution in [2.75, 3.05) is 0 Å². The molecule has 0 saturated carbocycles. The summed E-state index contributed by atoms with van der Waals surface area (Å²) in [7, 11) is 1.99. The number of rotatable bonds is 3. The summed E-state index contributed by atoms with van der Waals surface area (Å²) in [5, 5.41) is 18.3. The van der Waals surface area contributed by atoms with E-state index < -0.39 is 0 Å². The van der Waals surface area contributed by atoms with E-state index in [4.69, 9.17) is 11.6 Å². The Hall–Kier alpha value is -1.52. The number of aromatic hydroxyl groups is 1. The highest BCUT2D eigenvalue weighted by Gasteiger charge is 2.23. The number of halogens is 1. The van der Waals surface area contributed by atoms with Crippen molar-refractivity contribution < 1.29 is 5.11 Å². The maximum Gasteiger partial charge on any atom is 0.120 e. The standard InChI is InChI=1S/C15H18ClN3O/c1-19-14-4-2-3-13(12(14)9-18-19)17-8-10-7-11(16)5-6-15(10)20/h5-7,9,13,17,20H,2-4,8H2,1H3. The van der Waals surface area contributed by atoms with Crippen LogP contribution < -0.4 is 5.32 Å². The second-order valence-electron chi connectivity index (χ2n) is 5.27. The Kier molecular flexibility index (Phi) is 3.68. The van der Waals surface area contributed by atoms with Crippen molar-refractivity contribution in [3.05, 3.63) is 46.2 Å². The van der Waals surface area contributed by atoms with Gasteiger partial charge < -0.3 is 10.4 Å². The summed E-state index contributed by atoms with van der Waals surface area (Å²) in [5.41, 5.74) is 3.41. The zero-order chi connectivity index (χ0) is 14.1. The van der Waals surface area contributed by atoms with Crippen molar-refractivity contribution in [1.82, 2.24) is 15.1 Å². The molecule has 0 bridgehead atoms. The minimum atomic E-state index is 0.282. The van der Waals surface area contributed by atoms with Crippen molar-refractivity contribution in [3.8, 4) is 5.75 Å². The fraction of sp³-hybridized carbons (Fsp3) is 0.400. The van der Waals surface area contributed by atoms with Crippen LogP contribution in [0.4, 0.5) is 0 Å². The third-order valence-electron chi connectivity index (χ3n) is 3.96. The Morgan fingerprint density at radius 1 is 1.50 bits per heavy atom. The Bertz CT molecular complexity index is 624. The minimum absolute atomic E-state index is 0.282. The minimum Gasteiger partial charge on any atom is -0.508 e. The molecule has 0 spiro atoms. The number of fused-ring (bicyclic) bond motifs is 1. The molecule has 0 radical (unpaired) electrons. The number of phenolic OH excluding ortho intramolecular Hbond substituents is 1. The van der Waals surface area contributed by atoms with Gasteiger partial charge in [-0.1, -0.05) is 11.6 Å². The van der Waals surface area contributed by atoms with Crippen molar-refractivity contribution in [3.63, 3.8) is 0 Å². The van der Waals surface area contributed by atoms with Crippen LogP contribution in [0.5, 0.6) is 5.75 Å². The van der Waals surface area contributed by atoms with Gasteiger partial charge in [-0.25, -0.2) is 0 Å². The van der Waals surface area contributed by atoms with Gasteiger partial charge in [0.05, 0.1) is 6.20 Å². The topological polar surface area (TPSA) is 50.1 Å². The molecule has 1 unspecified atom stereocenters. The van der Waals surface area contributed by atoms with Gasteiger partial charge in [-0.05, 0) is 37.5 Å². The Balaban J connectivity index is 1.75. The molecule has 1 aliphatic carbocycles. The second kappa shape index (κ2) is 5.46. The van der Waals surface area contributed by atoms with Crippen molar-refractivity contribution in [2.24, 2.45) is 7.05 Å². The number of nitrogens with one attached hydrogen (secondary N) is 1. The molecule has 1 aliphatic rings. The molecule has 5 heteroatoms. The van der Waals surface area contributed by atoms with Gasteiger partial charge in [-0.3, -0.25) is 4.68 Å². The molecule has 0 aliphatic heterocycles. The maximum absolute atomic E-state index is 9.85. The zero-order valence-corrected chi connectivity index (χ0v) is 12.2. The Labute approximate surface area is 123 Å². The summed E-state index contributed by atoms with van der Waals surface area (Å²) in [5.74, 6) is 0.282. The predicted octanol–water partition coefficient (Wildman–Crippen LogP) is 2.95. The van der Waals surface area contributed by atoms with Gasteiger partial charge in [0.15, 0.2) is 0 Å². The average molecular weight is 292 g/mol. The third-order valence-corrected chi connectivity index (χ3v) is 4.19. The van der Waals surface area contributed by atoms with Gasteiger partial charge >= 0.3 is 0 Å². The highest BCUT2D eigenvalue weighted by molar-refractivity contribution is 6.30. The van der Waals surface area contributed by atoms with Crippen LogP contribution in [0.2, 0.25) is 5.02 Å². The molecule has 20 heavy (non-hydrogen) atoms. The van der Waals surface area contributed by atoms with Crippen LogP contribution in [0.15, 0.2) is 24.4 Å². The average Bonchev–Trinajstić information content (AvgIpc) is 2.82. The summed E-state index contributed by atoms with van der Waals surface area (Å²) in [6, 6.07) is 5.43. The van der Waals surface area contributed by atoms with Crippen molar-refractivity contribution >= 4 is 11.6 Å². The van der Waals surface area contributed by atoms with Gasteiger partial charge in [-0.2, -0.15) is 5.10 Å². The fourth-order valence-corrected chi connectivity index (χ4v) is 3.04. The fourth-order valence-electron chi connectivity index (χ4n) is 2.85. The normalized spacial score (nSPS) is 18.0. The third kappa shape index (κ3) is 2.53. The smallest absolute Gasteiger partial charge is 0.120 e. The van der Waals surface area contributed by atoms with Gasteiger partial charge in [0.25, 0.3) is 0 Å². The van der Waals surface area contributed by atoms with Crippen LogP contribution in [-0.2, 0) is 20.0 Å². The van der Waals surface area contributed by atoms with Crippen LogP contribution in [0.1, 0.15) is 35.7 Å². The van der Waals surface area contributed by atoms with Crippen LogP contribution in [0.3, 0.4) is 0 Å². The lowest BCUT2D eigenvalue weighted by molar-refractivity contribution is 0.434. The predicted molar refractivity (Wildman–Crippen MR) is 78.8 cm³/mol. The first-order valence-electron chi connectivity index (χ1n) is 6.86. The van der Waals surface area contributed by atoms with E-state index in [9.17, 15) is 5.11 Å². The molecule has 1 aromatic carbocycles. The molecule has 3 rings (SSSR count). The van der Waals surface area contributed by atoms with Crippen molar-refractivity contribution in [2.45, 2.75) is 31.8 Å². The molecule has 0 fully saturated rings. The molecular formula is C15H18ClN3O. The summed E-state index contributed by atoms with van der Waals surface area (Å²) < 4.78 is 1.96. The molecule has 1 heterocycles. The molecule has 2 N–H and O–H groups in total. The van der Waals surface area contributed by atoms with E-state index in [1.165, 1.54) is 11.3 Å². The highest BCUT2D eigenvalue weighted by Crippen LogP contribution is 2.30. The molecule has 4 nitrogen and oxygen atoms in total. The van der Waals surface area contributed by atoms with E-state index in [1.807, 2.05) is 17.9 Å². The number of aromatic nitrogens is 2. The van der Waals surface area contributed by atoms with E-state index in [0.717, 1.165) is 24.8 Å². The summed E-state index contributed by atoms with van der Waals surface area (Å²) in [6.07, 6.45) is 5.29. The molecule has 1 atom stereocenters. The number of phenols is 1. The van der Waals surface area contributed by atoms with Crippen LogP contribution in [0, 0.1) is 0 Å². The molecule has 0 saturated heterocycles. The number of hydrogen-bond donors (Lipinski definition) is 2. The highest BCUT2D eigenvalue weighted by atomic mass is 35.5. The molecule has 1 aromatic heterocycles. The number of aryl methyl sites for hydroxylation is 1. The number of hydrogen-bond acceptors (Lipinski definition) is 3. The SMILES string of the molecule is Cn1ncc2c1CCCC2NCc1cc(Cl)ccc1O. The van der Waals surface area contributed by atoms with E-state index >= 15 is 0 Å². The first kappa shape index (κ1) is 13.5. The van der Waals surface area contributed by atoms with Gasteiger partial charge in [0, 0.05) is 41.5 Å². The largest absolute Gasteiger partial charge is 0.508 e. The van der Waals surface area contributed by atoms with Crippen LogP contribution in [0.25, 0.3) is 0 Å². The lowest BCUT2D eigenvalue weighted by Gasteiger charge is -2.24. The Morgan fingerprint density at radius 2 is 2.35 bits per heavy atom. The summed E-state index contributed by atoms with van der Waals surface area (Å²) in [4.78, 5) is 0. The van der Waals surface area contributed by atoms with Crippen LogP contribution >= 0.6 is 11.6 Å². The summed E-state index contributed by atoms with van der Waals surface area (Å²) in [6.45, 7) is 0.603. The first-order valence-corrected chi connectivity index (χ1v) is 7.24. The van der Waals surface area contributed by atoms with E-state index in [0.29, 0.717) is 17.6 Å². The molecule has 106 valence electrons. The van der Waals surface area contributed by atoms with Gasteiger partial charge in [0.2, 0.25) is 0 Å². The van der Waals surface area contributed by atoms with Crippen LogP contribution in [-0.4, -0.2) is 14.9 Å². The van der Waals surface area contributed by atoms with Crippen molar-refractivity contribution in [1.29, 1.82) is 0 Å². The monoisotopic (exact) mass is 291 g/mol. The lowest BCUT2D eigenvalue weighted by atomic mass is 9.93. The molecular weight excluding hydrogens is 274 g/mol. The van der Waals surface area contributed by atoms with E-state index in [2.05, 4.69) is 10.4 Å². The molecule has 2 aromatic rings. The summed E-state index contributed by atoms with van der Waals surface area (Å²) >= 11 is 5.97. The second-order valence-corrected chi connectivity index (χ2v) is 5.71. The maximum atomic E-state index is 9.85. The zero-order valence-electron chi connectivity index (χ0n) is 11.4. The first-order chi connectivity index (χ1) is 9.65. The lowest BCUT2D eigenvalue weighted by Crippen LogP contribution is -2.25. The molecule has 0 amide bonds. The number of nitrogens with zero attached hydrogens (tertiary/aromatic N) is 2. The van der Waals surface area contributed by atoms with E-state index in [-0.39, 0.29) is 5.75 Å².